The number of nitrogens with one attached hydrogen (secondary N) is 1. The summed E-state index contributed by atoms with van der Waals surface area (Å²) in [5, 5.41) is 8.47. The number of hydrogen-bond acceptors (Lipinski definition) is 4. The molecule has 0 radical (unpaired) electrons. The van der Waals surface area contributed by atoms with Crippen LogP contribution >= 0.6 is 0 Å². The van der Waals surface area contributed by atoms with Crippen molar-refractivity contribution in [2.24, 2.45) is 0 Å². The van der Waals surface area contributed by atoms with E-state index in [0.717, 1.165) is 11.3 Å². The molecule has 22 heavy (non-hydrogen) atoms. The van der Waals surface area contributed by atoms with Gasteiger partial charge in [-0.25, -0.2) is 5.48 Å². The lowest BCUT2D eigenvalue weighted by Crippen LogP contribution is -2.14. The first-order valence-corrected chi connectivity index (χ1v) is 6.81. The maximum atomic E-state index is 11.0. The van der Waals surface area contributed by atoms with Crippen LogP contribution in [-0.2, 0) is 4.79 Å². The summed E-state index contributed by atoms with van der Waals surface area (Å²) in [5.74, 6) is 0.835. The molecule has 0 aliphatic heterocycles. The Labute approximate surface area is 128 Å². The second-order valence-corrected chi connectivity index (χ2v) is 4.36. The number of hydroxylamine groups is 1. The third-order valence-corrected chi connectivity index (χ3v) is 2.80. The zero-order chi connectivity index (χ0) is 15.6. The first-order valence-electron chi connectivity index (χ1n) is 6.81. The van der Waals surface area contributed by atoms with Crippen molar-refractivity contribution in [1.82, 2.24) is 5.48 Å². The minimum absolute atomic E-state index is 0.381. The molecule has 2 aromatic rings. The third-order valence-electron chi connectivity index (χ3n) is 2.80. The lowest BCUT2D eigenvalue weighted by atomic mass is 10.2. The number of para-hydroxylation sites is 2. The Balaban J connectivity index is 1.87. The van der Waals surface area contributed by atoms with Gasteiger partial charge in [-0.05, 0) is 24.3 Å². The highest BCUT2D eigenvalue weighted by Gasteiger charge is 2.01. The predicted octanol–water partition coefficient (Wildman–Crippen LogP) is 2.66. The van der Waals surface area contributed by atoms with Gasteiger partial charge in [0.25, 0.3) is 5.91 Å². The van der Waals surface area contributed by atoms with Crippen LogP contribution in [0.25, 0.3) is 6.08 Å². The van der Waals surface area contributed by atoms with Gasteiger partial charge >= 0.3 is 0 Å². The molecule has 2 aromatic carbocycles. The second kappa shape index (κ2) is 8.49. The summed E-state index contributed by atoms with van der Waals surface area (Å²) in [6.45, 7) is 0.797. The van der Waals surface area contributed by atoms with E-state index in [-0.39, 0.29) is 0 Å². The number of benzene rings is 2. The van der Waals surface area contributed by atoms with E-state index in [1.54, 1.807) is 12.1 Å². The van der Waals surface area contributed by atoms with Crippen LogP contribution < -0.4 is 15.0 Å². The predicted molar refractivity (Wildman–Crippen MR) is 82.8 cm³/mol. The average Bonchev–Trinajstić information content (AvgIpc) is 2.58. The number of amides is 1. The molecule has 5 heteroatoms. The minimum Gasteiger partial charge on any atom is -0.490 e. The Morgan fingerprint density at radius 3 is 2.45 bits per heavy atom. The Kier molecular flexibility index (Phi) is 6.02. The average molecular weight is 299 g/mol. The van der Waals surface area contributed by atoms with Crippen LogP contribution in [0, 0.1) is 0 Å². The van der Waals surface area contributed by atoms with Gasteiger partial charge in [-0.1, -0.05) is 36.4 Å². The van der Waals surface area contributed by atoms with E-state index in [1.165, 1.54) is 11.6 Å². The van der Waals surface area contributed by atoms with Crippen LogP contribution in [-0.4, -0.2) is 24.3 Å². The number of carbonyl (C=O) groups is 1. The fraction of sp³-hybridized carbons (Fsp3) is 0.118. The van der Waals surface area contributed by atoms with Crippen LogP contribution in [0.2, 0.25) is 0 Å². The lowest BCUT2D eigenvalue weighted by molar-refractivity contribution is -0.124. The first-order chi connectivity index (χ1) is 10.8. The van der Waals surface area contributed by atoms with Crippen molar-refractivity contribution in [3.8, 4) is 11.5 Å². The van der Waals surface area contributed by atoms with Crippen molar-refractivity contribution in [1.29, 1.82) is 0 Å². The van der Waals surface area contributed by atoms with Gasteiger partial charge in [0.2, 0.25) is 0 Å². The molecule has 5 nitrogen and oxygen atoms in total. The smallest absolute Gasteiger partial charge is 0.267 e. The van der Waals surface area contributed by atoms with E-state index in [4.69, 9.17) is 14.7 Å². The van der Waals surface area contributed by atoms with Gasteiger partial charge in [-0.2, -0.15) is 0 Å². The van der Waals surface area contributed by atoms with Gasteiger partial charge in [0.1, 0.15) is 24.7 Å². The molecular formula is C17H17NO4. The summed E-state index contributed by atoms with van der Waals surface area (Å²) >= 11 is 0. The minimum atomic E-state index is -0.595. The van der Waals surface area contributed by atoms with Crippen molar-refractivity contribution in [3.63, 3.8) is 0 Å². The van der Waals surface area contributed by atoms with Crippen molar-refractivity contribution >= 4 is 12.0 Å². The highest BCUT2D eigenvalue weighted by molar-refractivity contribution is 5.91. The Morgan fingerprint density at radius 1 is 1.00 bits per heavy atom. The van der Waals surface area contributed by atoms with Gasteiger partial charge < -0.3 is 9.47 Å². The zero-order valence-corrected chi connectivity index (χ0v) is 11.9. The molecule has 2 N–H and O–H groups in total. The van der Waals surface area contributed by atoms with E-state index < -0.39 is 5.91 Å². The molecule has 0 atom stereocenters. The molecule has 0 saturated carbocycles. The fourth-order valence-electron chi connectivity index (χ4n) is 1.78. The molecule has 2 rings (SSSR count). The van der Waals surface area contributed by atoms with Gasteiger partial charge in [0.05, 0.1) is 0 Å². The van der Waals surface area contributed by atoms with Crippen LogP contribution in [0.3, 0.4) is 0 Å². The van der Waals surface area contributed by atoms with Crippen LogP contribution in [0.15, 0.2) is 60.7 Å². The summed E-state index contributed by atoms with van der Waals surface area (Å²) < 4.78 is 11.2. The number of ether oxygens (including phenoxy) is 2. The highest BCUT2D eigenvalue weighted by atomic mass is 16.5. The molecule has 0 heterocycles. The van der Waals surface area contributed by atoms with E-state index in [9.17, 15) is 4.79 Å². The summed E-state index contributed by atoms with van der Waals surface area (Å²) in [4.78, 5) is 11.0. The molecular weight excluding hydrogens is 282 g/mol. The number of carbonyl (C=O) groups excluding carboxylic acids is 1. The van der Waals surface area contributed by atoms with Gasteiger partial charge in [0.15, 0.2) is 0 Å². The topological polar surface area (TPSA) is 67.8 Å². The van der Waals surface area contributed by atoms with Crippen molar-refractivity contribution in [2.45, 2.75) is 0 Å². The van der Waals surface area contributed by atoms with E-state index in [1.807, 2.05) is 48.5 Å². The normalized spacial score (nSPS) is 10.4. The Bertz CT molecular complexity index is 626. The van der Waals surface area contributed by atoms with E-state index >= 15 is 0 Å². The SMILES string of the molecule is O=C(/C=C/c1ccccc1OCCOc1ccccc1)NO. The quantitative estimate of drug-likeness (QED) is 0.357. The van der Waals surface area contributed by atoms with Gasteiger partial charge in [0, 0.05) is 11.6 Å². The molecule has 0 bridgehead atoms. The summed E-state index contributed by atoms with van der Waals surface area (Å²) in [6, 6.07) is 16.8. The molecule has 0 spiro atoms. The standard InChI is InChI=1S/C17H17NO4/c19-17(18-20)11-10-14-6-4-5-9-16(14)22-13-12-21-15-7-2-1-3-8-15/h1-11,20H,12-13H2,(H,18,19)/b11-10+. The van der Waals surface area contributed by atoms with Crippen molar-refractivity contribution in [3.05, 3.63) is 66.2 Å². The molecule has 0 unspecified atom stereocenters. The van der Waals surface area contributed by atoms with Gasteiger partial charge in [-0.3, -0.25) is 10.0 Å². The second-order valence-electron chi connectivity index (χ2n) is 4.36. The van der Waals surface area contributed by atoms with E-state index in [2.05, 4.69) is 0 Å². The maximum Gasteiger partial charge on any atom is 0.267 e. The highest BCUT2D eigenvalue weighted by Crippen LogP contribution is 2.19. The number of hydrogen-bond donors (Lipinski definition) is 2. The summed E-state index contributed by atoms with van der Waals surface area (Å²) in [6.07, 6.45) is 2.79. The Morgan fingerprint density at radius 2 is 1.68 bits per heavy atom. The van der Waals surface area contributed by atoms with Crippen molar-refractivity contribution < 1.29 is 19.5 Å². The summed E-state index contributed by atoms with van der Waals surface area (Å²) in [7, 11) is 0. The zero-order valence-electron chi connectivity index (χ0n) is 11.9. The van der Waals surface area contributed by atoms with Crippen molar-refractivity contribution in [2.75, 3.05) is 13.2 Å². The first kappa shape index (κ1) is 15.6. The maximum absolute atomic E-state index is 11.0. The van der Waals surface area contributed by atoms with E-state index in [0.29, 0.717) is 19.0 Å². The molecule has 0 fully saturated rings. The monoisotopic (exact) mass is 299 g/mol. The largest absolute Gasteiger partial charge is 0.490 e. The molecule has 0 aliphatic carbocycles. The van der Waals surface area contributed by atoms with Crippen LogP contribution in [0.4, 0.5) is 0 Å². The molecule has 0 aliphatic rings. The summed E-state index contributed by atoms with van der Waals surface area (Å²) in [5.41, 5.74) is 2.28. The lowest BCUT2D eigenvalue weighted by Gasteiger charge is -2.10. The number of rotatable bonds is 7. The molecule has 114 valence electrons. The van der Waals surface area contributed by atoms with Crippen LogP contribution in [0.1, 0.15) is 5.56 Å². The molecule has 0 saturated heterocycles. The van der Waals surface area contributed by atoms with Gasteiger partial charge in [-0.15, -0.1) is 0 Å². The fourth-order valence-corrected chi connectivity index (χ4v) is 1.78. The molecule has 1 amide bonds. The third kappa shape index (κ3) is 4.96. The van der Waals surface area contributed by atoms with Crippen LogP contribution in [0.5, 0.6) is 11.5 Å². The molecule has 0 aromatic heterocycles. The Hall–Kier alpha value is -2.79.